The molecule has 2 aromatic carbocycles. The molecule has 0 fully saturated rings. The van der Waals surface area contributed by atoms with E-state index in [0.717, 1.165) is 33.5 Å². The Morgan fingerprint density at radius 2 is 1.83 bits per heavy atom. The normalized spacial score (nSPS) is 10.8. The first-order chi connectivity index (χ1) is 14.5. The zero-order chi connectivity index (χ0) is 21.5. The number of carbonyl (C=O) groups is 1. The summed E-state index contributed by atoms with van der Waals surface area (Å²) in [7, 11) is 3.11. The molecule has 0 saturated carbocycles. The molecule has 0 atom stereocenters. The Kier molecular flexibility index (Phi) is 7.49. The number of halogens is 1. The van der Waals surface area contributed by atoms with Crippen molar-refractivity contribution in [3.05, 3.63) is 64.8 Å². The number of hydrogen-bond donors (Lipinski definition) is 0. The zero-order valence-corrected chi connectivity index (χ0v) is 18.1. The molecule has 6 nitrogen and oxygen atoms in total. The van der Waals surface area contributed by atoms with Crippen molar-refractivity contribution in [1.29, 1.82) is 0 Å². The molecule has 0 aliphatic carbocycles. The standard InChI is InChI=1S/C23H25ClN2O4/c1-4-30-19-9-10-20-17(12-19)11-18(23(24)25-20)14-26(22(27)15-28-2)13-16-7-5-6-8-21(16)29-3/h5-12H,4,13-15H2,1-3H3. The lowest BCUT2D eigenvalue weighted by Crippen LogP contribution is -2.33. The number of methoxy groups -OCH3 is 2. The number of benzene rings is 2. The summed E-state index contributed by atoms with van der Waals surface area (Å²) in [6.07, 6.45) is 0. The molecular formula is C23H25ClN2O4. The van der Waals surface area contributed by atoms with Gasteiger partial charge < -0.3 is 19.1 Å². The first-order valence-electron chi connectivity index (χ1n) is 9.66. The fraction of sp³-hybridized carbons (Fsp3) is 0.304. The molecule has 1 aromatic heterocycles. The van der Waals surface area contributed by atoms with Crippen molar-refractivity contribution in [3.8, 4) is 11.5 Å². The van der Waals surface area contributed by atoms with Crippen LogP contribution in [0.3, 0.4) is 0 Å². The third-order valence-corrected chi connectivity index (χ3v) is 4.99. The molecule has 7 heteroatoms. The van der Waals surface area contributed by atoms with Crippen LogP contribution in [0.5, 0.6) is 11.5 Å². The van der Waals surface area contributed by atoms with E-state index in [1.807, 2.05) is 55.5 Å². The van der Waals surface area contributed by atoms with Crippen molar-refractivity contribution >= 4 is 28.4 Å². The Morgan fingerprint density at radius 3 is 2.57 bits per heavy atom. The van der Waals surface area contributed by atoms with Crippen LogP contribution in [0.4, 0.5) is 0 Å². The number of rotatable bonds is 9. The van der Waals surface area contributed by atoms with Gasteiger partial charge in [0.1, 0.15) is 23.3 Å². The van der Waals surface area contributed by atoms with Crippen LogP contribution in [-0.4, -0.2) is 43.2 Å². The molecule has 1 heterocycles. The van der Waals surface area contributed by atoms with Gasteiger partial charge >= 0.3 is 0 Å². The predicted octanol–water partition coefficient (Wildman–Crippen LogP) is 4.47. The molecule has 0 bridgehead atoms. The molecule has 0 spiro atoms. The second-order valence-electron chi connectivity index (χ2n) is 6.72. The Labute approximate surface area is 181 Å². The van der Waals surface area contributed by atoms with E-state index in [9.17, 15) is 4.79 Å². The Morgan fingerprint density at radius 1 is 1.07 bits per heavy atom. The van der Waals surface area contributed by atoms with Gasteiger partial charge in [-0.05, 0) is 37.3 Å². The third-order valence-electron chi connectivity index (χ3n) is 4.66. The van der Waals surface area contributed by atoms with E-state index in [1.165, 1.54) is 7.11 Å². The summed E-state index contributed by atoms with van der Waals surface area (Å²) in [6.45, 7) is 3.15. The molecule has 3 aromatic rings. The lowest BCUT2D eigenvalue weighted by molar-refractivity contribution is -0.136. The van der Waals surface area contributed by atoms with E-state index in [-0.39, 0.29) is 12.5 Å². The van der Waals surface area contributed by atoms with Gasteiger partial charge in [-0.1, -0.05) is 29.8 Å². The predicted molar refractivity (Wildman–Crippen MR) is 117 cm³/mol. The van der Waals surface area contributed by atoms with Gasteiger partial charge in [0.15, 0.2) is 0 Å². The largest absolute Gasteiger partial charge is 0.496 e. The summed E-state index contributed by atoms with van der Waals surface area (Å²) in [5, 5.41) is 1.26. The third kappa shape index (κ3) is 5.20. The maximum atomic E-state index is 12.7. The van der Waals surface area contributed by atoms with Crippen molar-refractivity contribution < 1.29 is 19.0 Å². The second kappa shape index (κ2) is 10.3. The van der Waals surface area contributed by atoms with Crippen molar-refractivity contribution in [3.63, 3.8) is 0 Å². The molecule has 30 heavy (non-hydrogen) atoms. The highest BCUT2D eigenvalue weighted by molar-refractivity contribution is 6.30. The first-order valence-corrected chi connectivity index (χ1v) is 10.0. The van der Waals surface area contributed by atoms with Gasteiger partial charge in [-0.15, -0.1) is 0 Å². The van der Waals surface area contributed by atoms with Crippen LogP contribution in [0.2, 0.25) is 5.15 Å². The van der Waals surface area contributed by atoms with Gasteiger partial charge in [-0.25, -0.2) is 4.98 Å². The molecule has 0 aliphatic heterocycles. The van der Waals surface area contributed by atoms with Gasteiger partial charge in [0, 0.05) is 36.7 Å². The van der Waals surface area contributed by atoms with Crippen LogP contribution in [0.25, 0.3) is 10.9 Å². The number of hydrogen-bond acceptors (Lipinski definition) is 5. The van der Waals surface area contributed by atoms with Crippen molar-refractivity contribution in [2.45, 2.75) is 20.0 Å². The average Bonchev–Trinajstić information content (AvgIpc) is 2.74. The van der Waals surface area contributed by atoms with E-state index >= 15 is 0 Å². The molecule has 0 saturated heterocycles. The van der Waals surface area contributed by atoms with Gasteiger partial charge in [-0.2, -0.15) is 0 Å². The summed E-state index contributed by atoms with van der Waals surface area (Å²) in [5.41, 5.74) is 2.41. The number of pyridine rings is 1. The maximum absolute atomic E-state index is 12.7. The lowest BCUT2D eigenvalue weighted by atomic mass is 10.1. The number of para-hydroxylation sites is 1. The van der Waals surface area contributed by atoms with Crippen LogP contribution < -0.4 is 9.47 Å². The van der Waals surface area contributed by atoms with Crippen LogP contribution in [-0.2, 0) is 22.6 Å². The summed E-state index contributed by atoms with van der Waals surface area (Å²) in [5.74, 6) is 1.33. The van der Waals surface area contributed by atoms with Gasteiger partial charge in [0.25, 0.3) is 0 Å². The Hall–Kier alpha value is -2.83. The number of carbonyl (C=O) groups excluding carboxylic acids is 1. The van der Waals surface area contributed by atoms with Gasteiger partial charge in [-0.3, -0.25) is 4.79 Å². The van der Waals surface area contributed by atoms with E-state index < -0.39 is 0 Å². The molecular weight excluding hydrogens is 404 g/mol. The monoisotopic (exact) mass is 428 g/mol. The summed E-state index contributed by atoms with van der Waals surface area (Å²) >= 11 is 6.46. The van der Waals surface area contributed by atoms with Crippen molar-refractivity contribution in [1.82, 2.24) is 9.88 Å². The minimum atomic E-state index is -0.150. The SMILES string of the molecule is CCOc1ccc2nc(Cl)c(CN(Cc3ccccc3OC)C(=O)COC)cc2c1. The fourth-order valence-corrected chi connectivity index (χ4v) is 3.44. The molecule has 0 unspecified atom stereocenters. The van der Waals surface area contributed by atoms with E-state index in [1.54, 1.807) is 12.0 Å². The highest BCUT2D eigenvalue weighted by atomic mass is 35.5. The zero-order valence-electron chi connectivity index (χ0n) is 17.4. The molecule has 0 aliphatic rings. The lowest BCUT2D eigenvalue weighted by Gasteiger charge is -2.24. The summed E-state index contributed by atoms with van der Waals surface area (Å²) < 4.78 is 16.1. The molecule has 158 valence electrons. The minimum absolute atomic E-state index is 0.0255. The maximum Gasteiger partial charge on any atom is 0.249 e. The van der Waals surface area contributed by atoms with E-state index in [4.69, 9.17) is 25.8 Å². The number of fused-ring (bicyclic) bond motifs is 1. The van der Waals surface area contributed by atoms with E-state index in [2.05, 4.69) is 4.98 Å². The quantitative estimate of drug-likeness (QED) is 0.470. The highest BCUT2D eigenvalue weighted by Gasteiger charge is 2.18. The Bertz CT molecular complexity index is 1030. The number of ether oxygens (including phenoxy) is 3. The minimum Gasteiger partial charge on any atom is -0.496 e. The van der Waals surface area contributed by atoms with E-state index in [0.29, 0.717) is 24.8 Å². The Balaban J connectivity index is 1.93. The van der Waals surface area contributed by atoms with Crippen LogP contribution in [0, 0.1) is 0 Å². The average molecular weight is 429 g/mol. The van der Waals surface area contributed by atoms with Crippen LogP contribution in [0.15, 0.2) is 48.5 Å². The first kappa shape index (κ1) is 21.9. The molecule has 0 radical (unpaired) electrons. The van der Waals surface area contributed by atoms with Gasteiger partial charge in [0.05, 0.1) is 19.2 Å². The number of nitrogens with zero attached hydrogens (tertiary/aromatic N) is 2. The number of aromatic nitrogens is 1. The van der Waals surface area contributed by atoms with Crippen molar-refractivity contribution in [2.75, 3.05) is 27.4 Å². The fourth-order valence-electron chi connectivity index (χ4n) is 3.23. The van der Waals surface area contributed by atoms with Crippen LogP contribution >= 0.6 is 11.6 Å². The second-order valence-corrected chi connectivity index (χ2v) is 7.08. The topological polar surface area (TPSA) is 60.9 Å². The smallest absolute Gasteiger partial charge is 0.249 e. The highest BCUT2D eigenvalue weighted by Crippen LogP contribution is 2.27. The number of amides is 1. The summed E-state index contributed by atoms with van der Waals surface area (Å²) in [6, 6.07) is 15.2. The molecule has 3 rings (SSSR count). The summed E-state index contributed by atoms with van der Waals surface area (Å²) in [4.78, 5) is 18.9. The van der Waals surface area contributed by atoms with Crippen molar-refractivity contribution in [2.24, 2.45) is 0 Å². The molecule has 1 amide bonds. The molecule has 0 N–H and O–H groups in total. The van der Waals surface area contributed by atoms with Crippen LogP contribution in [0.1, 0.15) is 18.1 Å². The van der Waals surface area contributed by atoms with Gasteiger partial charge in [0.2, 0.25) is 5.91 Å².